The van der Waals surface area contributed by atoms with Crippen molar-refractivity contribution in [1.29, 1.82) is 5.26 Å². The van der Waals surface area contributed by atoms with Gasteiger partial charge in [-0.3, -0.25) is 9.78 Å². The van der Waals surface area contributed by atoms with Crippen LogP contribution >= 0.6 is 0 Å². The highest BCUT2D eigenvalue weighted by atomic mass is 16.2. The maximum atomic E-state index is 13.1. The van der Waals surface area contributed by atoms with Crippen LogP contribution in [0.3, 0.4) is 0 Å². The molecule has 2 aromatic carbocycles. The predicted octanol–water partition coefficient (Wildman–Crippen LogP) is 5.21. The average Bonchev–Trinajstić information content (AvgIpc) is 3.33. The molecule has 0 saturated heterocycles. The van der Waals surface area contributed by atoms with E-state index in [4.69, 9.17) is 5.26 Å². The molecule has 0 fully saturated rings. The summed E-state index contributed by atoms with van der Waals surface area (Å²) in [6.07, 6.45) is 5.17. The minimum atomic E-state index is -0.294. The number of aryl methyl sites for hydroxylation is 2. The minimum Gasteiger partial charge on any atom is -0.324 e. The number of nitriles is 1. The molecule has 180 valence electrons. The summed E-state index contributed by atoms with van der Waals surface area (Å²) >= 11 is 0. The number of anilines is 3. The van der Waals surface area contributed by atoms with Crippen molar-refractivity contribution >= 4 is 23.2 Å². The molecular formula is C28H22N8O. The third-order valence-corrected chi connectivity index (χ3v) is 5.65. The largest absolute Gasteiger partial charge is 0.324 e. The van der Waals surface area contributed by atoms with Crippen molar-refractivity contribution in [2.75, 3.05) is 10.6 Å². The molecule has 1 amide bonds. The Morgan fingerprint density at radius 2 is 1.84 bits per heavy atom. The lowest BCUT2D eigenvalue weighted by Gasteiger charge is -2.12. The molecule has 2 N–H and O–H groups in total. The lowest BCUT2D eigenvalue weighted by molar-refractivity contribution is 0.101. The van der Waals surface area contributed by atoms with Gasteiger partial charge < -0.3 is 10.6 Å². The molecule has 9 nitrogen and oxygen atoms in total. The Kier molecular flexibility index (Phi) is 6.38. The van der Waals surface area contributed by atoms with Gasteiger partial charge in [0.05, 0.1) is 28.7 Å². The molecule has 0 aliphatic carbocycles. The van der Waals surface area contributed by atoms with Crippen LogP contribution in [0.15, 0.2) is 85.3 Å². The second kappa shape index (κ2) is 10.1. The van der Waals surface area contributed by atoms with Crippen LogP contribution in [-0.2, 0) is 0 Å². The van der Waals surface area contributed by atoms with Crippen LogP contribution < -0.4 is 10.6 Å². The van der Waals surface area contributed by atoms with Gasteiger partial charge in [-0.1, -0.05) is 0 Å². The van der Waals surface area contributed by atoms with Gasteiger partial charge in [-0.25, -0.2) is 14.6 Å². The highest BCUT2D eigenvalue weighted by Crippen LogP contribution is 2.24. The first-order valence-electron chi connectivity index (χ1n) is 11.5. The zero-order valence-electron chi connectivity index (χ0n) is 20.2. The molecule has 3 heterocycles. The number of hydrogen-bond acceptors (Lipinski definition) is 7. The molecule has 0 atom stereocenters. The van der Waals surface area contributed by atoms with Gasteiger partial charge in [-0.15, -0.1) is 0 Å². The summed E-state index contributed by atoms with van der Waals surface area (Å²) in [5, 5.41) is 19.7. The molecule has 0 aliphatic heterocycles. The normalized spacial score (nSPS) is 10.5. The zero-order valence-corrected chi connectivity index (χ0v) is 20.2. The van der Waals surface area contributed by atoms with Gasteiger partial charge in [0.1, 0.15) is 5.69 Å². The Labute approximate surface area is 213 Å². The molecule has 0 unspecified atom stereocenters. The van der Waals surface area contributed by atoms with E-state index >= 15 is 0 Å². The van der Waals surface area contributed by atoms with Gasteiger partial charge in [0.25, 0.3) is 5.91 Å². The second-order valence-corrected chi connectivity index (χ2v) is 8.36. The van der Waals surface area contributed by atoms with Crippen LogP contribution in [0.2, 0.25) is 0 Å². The van der Waals surface area contributed by atoms with Crippen LogP contribution in [-0.4, -0.2) is 30.6 Å². The van der Waals surface area contributed by atoms with E-state index in [0.717, 1.165) is 22.5 Å². The van der Waals surface area contributed by atoms with E-state index in [-0.39, 0.29) is 5.91 Å². The van der Waals surface area contributed by atoms with E-state index in [1.165, 1.54) is 0 Å². The lowest BCUT2D eigenvalue weighted by Crippen LogP contribution is -2.17. The summed E-state index contributed by atoms with van der Waals surface area (Å²) in [5.74, 6) is 0.167. The minimum absolute atomic E-state index is 0.294. The first-order chi connectivity index (χ1) is 18.0. The maximum absolute atomic E-state index is 13.1. The van der Waals surface area contributed by atoms with Gasteiger partial charge in [0.15, 0.2) is 0 Å². The monoisotopic (exact) mass is 486 g/mol. The highest BCUT2D eigenvalue weighted by Gasteiger charge is 2.16. The molecule has 37 heavy (non-hydrogen) atoms. The summed E-state index contributed by atoms with van der Waals surface area (Å²) < 4.78 is 1.57. The number of benzene rings is 2. The quantitative estimate of drug-likeness (QED) is 0.338. The van der Waals surface area contributed by atoms with Crippen molar-refractivity contribution in [3.8, 4) is 23.0 Å². The summed E-state index contributed by atoms with van der Waals surface area (Å²) in [4.78, 5) is 26.2. The number of nitrogens with zero attached hydrogens (tertiary/aromatic N) is 6. The summed E-state index contributed by atoms with van der Waals surface area (Å²) in [6.45, 7) is 3.76. The fourth-order valence-electron chi connectivity index (χ4n) is 3.83. The molecule has 5 rings (SSSR count). The van der Waals surface area contributed by atoms with Crippen molar-refractivity contribution in [1.82, 2.24) is 24.7 Å². The van der Waals surface area contributed by atoms with Gasteiger partial charge in [-0.05, 0) is 86.1 Å². The molecule has 0 aliphatic rings. The van der Waals surface area contributed by atoms with Crippen LogP contribution in [0.5, 0.6) is 0 Å². The first-order valence-corrected chi connectivity index (χ1v) is 11.5. The maximum Gasteiger partial charge on any atom is 0.274 e. The fourth-order valence-corrected chi connectivity index (χ4v) is 3.83. The average molecular weight is 487 g/mol. The molecule has 0 radical (unpaired) electrons. The van der Waals surface area contributed by atoms with E-state index in [9.17, 15) is 4.79 Å². The van der Waals surface area contributed by atoms with Crippen LogP contribution in [0.1, 0.15) is 27.3 Å². The molecule has 0 spiro atoms. The Balaban J connectivity index is 1.33. The highest BCUT2D eigenvalue weighted by molar-refractivity contribution is 6.03. The van der Waals surface area contributed by atoms with E-state index in [2.05, 4.69) is 36.8 Å². The number of rotatable bonds is 6. The van der Waals surface area contributed by atoms with Crippen molar-refractivity contribution in [2.45, 2.75) is 13.8 Å². The number of aromatic nitrogens is 5. The van der Waals surface area contributed by atoms with Crippen LogP contribution in [0, 0.1) is 25.2 Å². The molecule has 0 bridgehead atoms. The van der Waals surface area contributed by atoms with Gasteiger partial charge in [-0.2, -0.15) is 10.4 Å². The third-order valence-electron chi connectivity index (χ3n) is 5.65. The zero-order chi connectivity index (χ0) is 25.8. The molecule has 5 aromatic rings. The molecule has 9 heteroatoms. The first kappa shape index (κ1) is 23.4. The molecule has 0 saturated carbocycles. The number of pyridine rings is 1. The smallest absolute Gasteiger partial charge is 0.274 e. The van der Waals surface area contributed by atoms with E-state index < -0.39 is 0 Å². The Bertz CT molecular complexity index is 1620. The SMILES string of the molecule is Cc1cc(C(=O)Nc2ccc(Nc3nccc(-c4cccnc4)n3)c(C)c2)n(-c2ccc(C#N)cc2)n1. The molecular weight excluding hydrogens is 464 g/mol. The van der Waals surface area contributed by atoms with Crippen molar-refractivity contribution in [3.05, 3.63) is 108 Å². The van der Waals surface area contributed by atoms with E-state index in [1.807, 2.05) is 50.2 Å². The molecule has 3 aromatic heterocycles. The van der Waals surface area contributed by atoms with Crippen molar-refractivity contribution in [3.63, 3.8) is 0 Å². The number of hydrogen-bond donors (Lipinski definition) is 2. The summed E-state index contributed by atoms with van der Waals surface area (Å²) in [6, 6.07) is 21.9. The van der Waals surface area contributed by atoms with Crippen molar-refractivity contribution < 1.29 is 4.79 Å². The standard InChI is InChI=1S/C28H22N8O/c1-18-14-22(7-10-24(18)33-28-31-13-11-25(34-28)21-4-3-12-30-17-21)32-27(37)26-15-19(2)35-36(26)23-8-5-20(16-29)6-9-23/h3-15,17H,1-2H3,(H,32,37)(H,31,33,34). The number of carbonyl (C=O) groups excluding carboxylic acids is 1. The van der Waals surface area contributed by atoms with E-state index in [0.29, 0.717) is 34.3 Å². The van der Waals surface area contributed by atoms with Crippen LogP contribution in [0.25, 0.3) is 16.9 Å². The number of nitrogens with one attached hydrogen (secondary N) is 2. The lowest BCUT2D eigenvalue weighted by atomic mass is 10.1. The van der Waals surface area contributed by atoms with Gasteiger partial charge in [0.2, 0.25) is 5.95 Å². The van der Waals surface area contributed by atoms with Crippen molar-refractivity contribution in [2.24, 2.45) is 0 Å². The predicted molar refractivity (Wildman–Crippen MR) is 141 cm³/mol. The fraction of sp³-hybridized carbons (Fsp3) is 0.0714. The summed E-state index contributed by atoms with van der Waals surface area (Å²) in [5.41, 5.74) is 6.37. The van der Waals surface area contributed by atoms with E-state index in [1.54, 1.807) is 53.6 Å². The topological polar surface area (TPSA) is 121 Å². The third kappa shape index (κ3) is 5.18. The number of amides is 1. The van der Waals surface area contributed by atoms with Crippen LogP contribution in [0.4, 0.5) is 17.3 Å². The summed E-state index contributed by atoms with van der Waals surface area (Å²) in [7, 11) is 0. The Morgan fingerprint density at radius 3 is 2.57 bits per heavy atom. The Morgan fingerprint density at radius 1 is 1.00 bits per heavy atom. The number of carbonyl (C=O) groups is 1. The Hall–Kier alpha value is -5.36. The second-order valence-electron chi connectivity index (χ2n) is 8.36. The van der Waals surface area contributed by atoms with Gasteiger partial charge >= 0.3 is 0 Å². The van der Waals surface area contributed by atoms with Gasteiger partial charge in [0, 0.05) is 35.5 Å².